The molecule has 0 fully saturated rings. The summed E-state index contributed by atoms with van der Waals surface area (Å²) in [4.78, 5) is 1.14. The lowest BCUT2D eigenvalue weighted by atomic mass is 10.1. The highest BCUT2D eigenvalue weighted by Crippen LogP contribution is 2.28. The molecule has 1 N–H and O–H groups in total. The van der Waals surface area contributed by atoms with E-state index in [4.69, 9.17) is 9.15 Å². The molecule has 1 aromatic carbocycles. The number of thioether (sulfide) groups is 1. The molecular weight excluding hydrogens is 282 g/mol. The summed E-state index contributed by atoms with van der Waals surface area (Å²) >= 11 is 1.68. The quantitative estimate of drug-likeness (QED) is 0.799. The van der Waals surface area contributed by atoms with Crippen molar-refractivity contribution in [1.29, 1.82) is 0 Å². The van der Waals surface area contributed by atoms with Crippen LogP contribution in [0.25, 0.3) is 0 Å². The van der Waals surface area contributed by atoms with E-state index < -0.39 is 0 Å². The maximum Gasteiger partial charge on any atom is 0.146 e. The Kier molecular flexibility index (Phi) is 5.37. The molecule has 0 amide bonds. The topological polar surface area (TPSA) is 34.4 Å². The van der Waals surface area contributed by atoms with E-state index in [9.17, 15) is 0 Å². The minimum absolute atomic E-state index is 0.0842. The molecule has 0 saturated carbocycles. The molecule has 0 radical (unpaired) electrons. The highest BCUT2D eigenvalue weighted by atomic mass is 32.2. The highest BCUT2D eigenvalue weighted by Gasteiger charge is 2.13. The van der Waals surface area contributed by atoms with Crippen LogP contribution < -0.4 is 10.1 Å². The van der Waals surface area contributed by atoms with Crippen molar-refractivity contribution in [1.82, 2.24) is 5.32 Å². The van der Waals surface area contributed by atoms with E-state index in [1.807, 2.05) is 30.5 Å². The van der Waals surface area contributed by atoms with E-state index in [-0.39, 0.29) is 5.54 Å². The molecule has 1 aromatic heterocycles. The third-order valence-corrected chi connectivity index (χ3v) is 3.85. The zero-order valence-electron chi connectivity index (χ0n) is 13.1. The van der Waals surface area contributed by atoms with Gasteiger partial charge in [0.25, 0.3) is 0 Å². The van der Waals surface area contributed by atoms with Crippen LogP contribution in [0, 0.1) is 0 Å². The maximum absolute atomic E-state index is 5.90. The van der Waals surface area contributed by atoms with Crippen LogP contribution in [0.1, 0.15) is 32.1 Å². The average molecular weight is 305 g/mol. The van der Waals surface area contributed by atoms with Gasteiger partial charge in [0.15, 0.2) is 0 Å². The molecule has 0 saturated heterocycles. The summed E-state index contributed by atoms with van der Waals surface area (Å²) in [5.74, 6) is 1.78. The summed E-state index contributed by atoms with van der Waals surface area (Å²) in [6.45, 7) is 7.68. The van der Waals surface area contributed by atoms with Gasteiger partial charge in [-0.3, -0.25) is 0 Å². The van der Waals surface area contributed by atoms with Gasteiger partial charge in [0.2, 0.25) is 0 Å². The normalized spacial score (nSPS) is 11.6. The Hall–Kier alpha value is -1.39. The van der Waals surface area contributed by atoms with Gasteiger partial charge < -0.3 is 14.5 Å². The Morgan fingerprint density at radius 2 is 1.95 bits per heavy atom. The summed E-state index contributed by atoms with van der Waals surface area (Å²) in [5, 5.41) is 3.47. The Balaban J connectivity index is 1.99. The Morgan fingerprint density at radius 3 is 2.67 bits per heavy atom. The first-order valence-corrected chi connectivity index (χ1v) is 8.28. The van der Waals surface area contributed by atoms with Crippen molar-refractivity contribution in [2.45, 2.75) is 44.4 Å². The SMILES string of the molecule is CSc1ccccc1OCc1occc1CNC(C)(C)C. The number of ether oxygens (including phenoxy) is 1. The zero-order valence-corrected chi connectivity index (χ0v) is 13.9. The van der Waals surface area contributed by atoms with Gasteiger partial charge in [-0.2, -0.15) is 0 Å². The van der Waals surface area contributed by atoms with Crippen molar-refractivity contribution in [3.63, 3.8) is 0 Å². The van der Waals surface area contributed by atoms with E-state index in [2.05, 4.69) is 32.2 Å². The second-order valence-electron chi connectivity index (χ2n) is 5.91. The van der Waals surface area contributed by atoms with Gasteiger partial charge >= 0.3 is 0 Å². The molecule has 0 aliphatic heterocycles. The summed E-state index contributed by atoms with van der Waals surface area (Å²) in [6.07, 6.45) is 3.77. The first-order chi connectivity index (χ1) is 9.99. The van der Waals surface area contributed by atoms with E-state index in [0.717, 1.165) is 28.5 Å². The first kappa shape index (κ1) is 16.0. The van der Waals surface area contributed by atoms with Crippen LogP contribution >= 0.6 is 11.8 Å². The van der Waals surface area contributed by atoms with Crippen LogP contribution in [-0.2, 0) is 13.2 Å². The molecular formula is C17H23NO2S. The van der Waals surface area contributed by atoms with Crippen LogP contribution in [-0.4, -0.2) is 11.8 Å². The molecule has 1 heterocycles. The molecule has 2 rings (SSSR count). The van der Waals surface area contributed by atoms with Crippen LogP contribution in [0.15, 0.2) is 45.9 Å². The molecule has 21 heavy (non-hydrogen) atoms. The Bertz CT molecular complexity index is 572. The van der Waals surface area contributed by atoms with E-state index in [0.29, 0.717) is 6.61 Å². The standard InChI is InChI=1S/C17H23NO2S/c1-17(2,3)18-11-13-9-10-19-15(13)12-20-14-7-5-6-8-16(14)21-4/h5-10,18H,11-12H2,1-4H3. The molecule has 0 aliphatic rings. The largest absolute Gasteiger partial charge is 0.484 e. The lowest BCUT2D eigenvalue weighted by molar-refractivity contribution is 0.261. The van der Waals surface area contributed by atoms with Crippen LogP contribution in [0.5, 0.6) is 5.75 Å². The number of furan rings is 1. The maximum atomic E-state index is 5.90. The van der Waals surface area contributed by atoms with Crippen molar-refractivity contribution in [2.75, 3.05) is 6.26 Å². The Labute approximate surface area is 131 Å². The molecule has 0 unspecified atom stereocenters. The number of rotatable bonds is 6. The summed E-state index contributed by atoms with van der Waals surface area (Å²) in [6, 6.07) is 10.0. The summed E-state index contributed by atoms with van der Waals surface area (Å²) < 4.78 is 11.5. The fourth-order valence-corrected chi connectivity index (χ4v) is 2.44. The second kappa shape index (κ2) is 7.05. The van der Waals surface area contributed by atoms with Crippen LogP contribution in [0.4, 0.5) is 0 Å². The van der Waals surface area contributed by atoms with Crippen molar-refractivity contribution < 1.29 is 9.15 Å². The molecule has 114 valence electrons. The van der Waals surface area contributed by atoms with Crippen LogP contribution in [0.2, 0.25) is 0 Å². The zero-order chi connectivity index (χ0) is 15.3. The average Bonchev–Trinajstić information content (AvgIpc) is 2.90. The predicted octanol–water partition coefficient (Wildman–Crippen LogP) is 4.47. The lowest BCUT2D eigenvalue weighted by Gasteiger charge is -2.20. The van der Waals surface area contributed by atoms with E-state index in [1.165, 1.54) is 0 Å². The van der Waals surface area contributed by atoms with Crippen molar-refractivity contribution in [3.8, 4) is 5.75 Å². The van der Waals surface area contributed by atoms with Crippen molar-refractivity contribution in [3.05, 3.63) is 47.9 Å². The molecule has 0 bridgehead atoms. The highest BCUT2D eigenvalue weighted by molar-refractivity contribution is 7.98. The van der Waals surface area contributed by atoms with Gasteiger partial charge in [-0.25, -0.2) is 0 Å². The van der Waals surface area contributed by atoms with Gasteiger partial charge in [-0.05, 0) is 45.2 Å². The van der Waals surface area contributed by atoms with E-state index >= 15 is 0 Å². The van der Waals surface area contributed by atoms with Crippen molar-refractivity contribution >= 4 is 11.8 Å². The lowest BCUT2D eigenvalue weighted by Crippen LogP contribution is -2.35. The minimum Gasteiger partial charge on any atom is -0.484 e. The van der Waals surface area contributed by atoms with E-state index in [1.54, 1.807) is 18.0 Å². The number of hydrogen-bond acceptors (Lipinski definition) is 4. The van der Waals surface area contributed by atoms with Gasteiger partial charge in [0, 0.05) is 22.5 Å². The fourth-order valence-electron chi connectivity index (χ4n) is 1.89. The molecule has 4 heteroatoms. The first-order valence-electron chi connectivity index (χ1n) is 7.06. The second-order valence-corrected chi connectivity index (χ2v) is 6.76. The third-order valence-electron chi connectivity index (χ3n) is 3.07. The molecule has 0 aliphatic carbocycles. The third kappa shape index (κ3) is 4.83. The van der Waals surface area contributed by atoms with Gasteiger partial charge in [-0.15, -0.1) is 11.8 Å². The smallest absolute Gasteiger partial charge is 0.146 e. The van der Waals surface area contributed by atoms with Crippen molar-refractivity contribution in [2.24, 2.45) is 0 Å². The van der Waals surface area contributed by atoms with Gasteiger partial charge in [0.1, 0.15) is 18.1 Å². The molecule has 0 atom stereocenters. The Morgan fingerprint density at radius 1 is 1.19 bits per heavy atom. The molecule has 3 nitrogen and oxygen atoms in total. The number of para-hydroxylation sites is 1. The van der Waals surface area contributed by atoms with Gasteiger partial charge in [0.05, 0.1) is 6.26 Å². The van der Waals surface area contributed by atoms with Crippen LogP contribution in [0.3, 0.4) is 0 Å². The summed E-state index contributed by atoms with van der Waals surface area (Å²) in [5.41, 5.74) is 1.23. The summed E-state index contributed by atoms with van der Waals surface area (Å²) in [7, 11) is 0. The predicted molar refractivity (Wildman–Crippen MR) is 87.9 cm³/mol. The molecule has 2 aromatic rings. The fraction of sp³-hybridized carbons (Fsp3) is 0.412. The monoisotopic (exact) mass is 305 g/mol. The van der Waals surface area contributed by atoms with Gasteiger partial charge in [-0.1, -0.05) is 12.1 Å². The minimum atomic E-state index is 0.0842. The molecule has 0 spiro atoms. The number of hydrogen-bond donors (Lipinski definition) is 1. The number of benzene rings is 1. The number of nitrogens with one attached hydrogen (secondary N) is 1.